The molecular formula is C23H25Cl2N5O. The SMILES string of the molecule is CN(C)Cc1cccc(-c2ccnc(NCCCNC(=O)c3c(Cl)cccc3Cl)n2)c1. The van der Waals surface area contributed by atoms with Gasteiger partial charge in [0.1, 0.15) is 0 Å². The van der Waals surface area contributed by atoms with Gasteiger partial charge in [-0.05, 0) is 50.3 Å². The molecule has 0 radical (unpaired) electrons. The average molecular weight is 458 g/mol. The van der Waals surface area contributed by atoms with Gasteiger partial charge in [0.2, 0.25) is 5.95 Å². The number of halogens is 2. The number of amides is 1. The zero-order valence-electron chi connectivity index (χ0n) is 17.5. The predicted octanol–water partition coefficient (Wildman–Crippen LogP) is 4.74. The highest BCUT2D eigenvalue weighted by Crippen LogP contribution is 2.24. The lowest BCUT2D eigenvalue weighted by molar-refractivity contribution is 0.0954. The Kier molecular flexibility index (Phi) is 8.23. The quantitative estimate of drug-likeness (QED) is 0.453. The fourth-order valence-corrected chi connectivity index (χ4v) is 3.66. The highest BCUT2D eigenvalue weighted by molar-refractivity contribution is 6.39. The van der Waals surface area contributed by atoms with Gasteiger partial charge in [0.15, 0.2) is 0 Å². The van der Waals surface area contributed by atoms with Crippen molar-refractivity contribution in [2.24, 2.45) is 0 Å². The van der Waals surface area contributed by atoms with Crippen LogP contribution in [0.1, 0.15) is 22.3 Å². The van der Waals surface area contributed by atoms with Crippen molar-refractivity contribution in [3.05, 3.63) is 75.9 Å². The third kappa shape index (κ3) is 6.66. The molecule has 0 aliphatic carbocycles. The van der Waals surface area contributed by atoms with E-state index < -0.39 is 0 Å². The van der Waals surface area contributed by atoms with Crippen molar-refractivity contribution in [3.63, 3.8) is 0 Å². The lowest BCUT2D eigenvalue weighted by Gasteiger charge is -2.11. The summed E-state index contributed by atoms with van der Waals surface area (Å²) in [6, 6.07) is 15.2. The second-order valence-corrected chi connectivity index (χ2v) is 8.15. The molecule has 0 unspecified atom stereocenters. The number of nitrogens with one attached hydrogen (secondary N) is 2. The van der Waals surface area contributed by atoms with Crippen molar-refractivity contribution >= 4 is 35.1 Å². The molecule has 6 nitrogen and oxygen atoms in total. The molecule has 3 rings (SSSR count). The summed E-state index contributed by atoms with van der Waals surface area (Å²) < 4.78 is 0. The fourth-order valence-electron chi connectivity index (χ4n) is 3.09. The van der Waals surface area contributed by atoms with E-state index in [1.807, 2.05) is 32.3 Å². The molecule has 0 spiro atoms. The van der Waals surface area contributed by atoms with E-state index in [9.17, 15) is 4.79 Å². The Hall–Kier alpha value is -2.67. The lowest BCUT2D eigenvalue weighted by Crippen LogP contribution is -2.26. The molecule has 8 heteroatoms. The Bertz CT molecular complexity index is 1020. The highest BCUT2D eigenvalue weighted by Gasteiger charge is 2.13. The Morgan fingerprint density at radius 1 is 1.03 bits per heavy atom. The Labute approximate surface area is 192 Å². The van der Waals surface area contributed by atoms with E-state index >= 15 is 0 Å². The fraction of sp³-hybridized carbons (Fsp3) is 0.261. The Morgan fingerprint density at radius 2 is 1.77 bits per heavy atom. The Balaban J connectivity index is 1.51. The number of rotatable bonds is 9. The molecule has 0 aliphatic rings. The third-order valence-corrected chi connectivity index (χ3v) is 5.12. The van der Waals surface area contributed by atoms with Crippen LogP contribution < -0.4 is 10.6 Å². The van der Waals surface area contributed by atoms with Gasteiger partial charge in [0.25, 0.3) is 5.91 Å². The summed E-state index contributed by atoms with van der Waals surface area (Å²) in [7, 11) is 4.09. The second-order valence-electron chi connectivity index (χ2n) is 7.34. The van der Waals surface area contributed by atoms with Crippen LogP contribution in [0.15, 0.2) is 54.7 Å². The molecule has 0 saturated heterocycles. The number of hydrogen-bond acceptors (Lipinski definition) is 5. The minimum absolute atomic E-state index is 0.286. The number of aromatic nitrogens is 2. The number of anilines is 1. The summed E-state index contributed by atoms with van der Waals surface area (Å²) in [5.41, 5.74) is 3.43. The first-order chi connectivity index (χ1) is 14.9. The van der Waals surface area contributed by atoms with Gasteiger partial charge in [-0.2, -0.15) is 0 Å². The number of nitrogens with zero attached hydrogens (tertiary/aromatic N) is 3. The van der Waals surface area contributed by atoms with Crippen LogP contribution in [0.4, 0.5) is 5.95 Å². The van der Waals surface area contributed by atoms with E-state index in [0.717, 1.165) is 17.8 Å². The zero-order valence-corrected chi connectivity index (χ0v) is 19.0. The second kappa shape index (κ2) is 11.1. The van der Waals surface area contributed by atoms with Crippen LogP contribution >= 0.6 is 23.2 Å². The number of hydrogen-bond donors (Lipinski definition) is 2. The van der Waals surface area contributed by atoms with E-state index in [-0.39, 0.29) is 5.91 Å². The summed E-state index contributed by atoms with van der Waals surface area (Å²) in [5, 5.41) is 6.71. The van der Waals surface area contributed by atoms with Crippen LogP contribution in [-0.4, -0.2) is 48.0 Å². The van der Waals surface area contributed by atoms with E-state index in [0.29, 0.717) is 41.1 Å². The van der Waals surface area contributed by atoms with Crippen LogP contribution in [-0.2, 0) is 6.54 Å². The molecule has 162 valence electrons. The molecule has 0 atom stereocenters. The molecule has 0 fully saturated rings. The van der Waals surface area contributed by atoms with E-state index in [4.69, 9.17) is 23.2 Å². The third-order valence-electron chi connectivity index (χ3n) is 4.49. The summed E-state index contributed by atoms with van der Waals surface area (Å²) >= 11 is 12.1. The highest BCUT2D eigenvalue weighted by atomic mass is 35.5. The van der Waals surface area contributed by atoms with Crippen molar-refractivity contribution in [2.45, 2.75) is 13.0 Å². The Morgan fingerprint density at radius 3 is 2.52 bits per heavy atom. The van der Waals surface area contributed by atoms with Crippen LogP contribution in [0.2, 0.25) is 10.0 Å². The summed E-state index contributed by atoms with van der Waals surface area (Å²) in [4.78, 5) is 23.3. The van der Waals surface area contributed by atoms with E-state index in [2.05, 4.69) is 37.6 Å². The van der Waals surface area contributed by atoms with Gasteiger partial charge in [-0.15, -0.1) is 0 Å². The van der Waals surface area contributed by atoms with Crippen molar-refractivity contribution in [1.29, 1.82) is 0 Å². The van der Waals surface area contributed by atoms with Crippen molar-refractivity contribution < 1.29 is 4.79 Å². The topological polar surface area (TPSA) is 70.2 Å². The average Bonchev–Trinajstić information content (AvgIpc) is 2.73. The number of benzene rings is 2. The van der Waals surface area contributed by atoms with E-state index in [1.165, 1.54) is 5.56 Å². The molecule has 3 aromatic rings. The maximum absolute atomic E-state index is 12.3. The van der Waals surface area contributed by atoms with Crippen molar-refractivity contribution in [3.8, 4) is 11.3 Å². The molecule has 2 aromatic carbocycles. The molecule has 2 N–H and O–H groups in total. The maximum Gasteiger partial charge on any atom is 0.254 e. The summed E-state index contributed by atoms with van der Waals surface area (Å²) in [5.74, 6) is 0.266. The molecule has 1 amide bonds. The molecule has 0 bridgehead atoms. The van der Waals surface area contributed by atoms with Gasteiger partial charge in [0, 0.05) is 31.4 Å². The maximum atomic E-state index is 12.3. The van der Waals surface area contributed by atoms with Gasteiger partial charge in [-0.1, -0.05) is 47.5 Å². The van der Waals surface area contributed by atoms with Gasteiger partial charge < -0.3 is 15.5 Å². The van der Waals surface area contributed by atoms with Gasteiger partial charge in [-0.3, -0.25) is 4.79 Å². The first-order valence-corrected chi connectivity index (χ1v) is 10.7. The predicted molar refractivity (Wildman–Crippen MR) is 127 cm³/mol. The van der Waals surface area contributed by atoms with Crippen LogP contribution in [0.25, 0.3) is 11.3 Å². The van der Waals surface area contributed by atoms with Crippen LogP contribution in [0, 0.1) is 0 Å². The lowest BCUT2D eigenvalue weighted by atomic mass is 10.1. The van der Waals surface area contributed by atoms with Crippen LogP contribution in [0.5, 0.6) is 0 Å². The molecule has 1 heterocycles. The van der Waals surface area contributed by atoms with Gasteiger partial charge >= 0.3 is 0 Å². The first-order valence-electron chi connectivity index (χ1n) is 9.97. The number of carbonyl (C=O) groups excluding carboxylic acids is 1. The zero-order chi connectivity index (χ0) is 22.2. The molecule has 0 saturated carbocycles. The van der Waals surface area contributed by atoms with Crippen molar-refractivity contribution in [1.82, 2.24) is 20.2 Å². The smallest absolute Gasteiger partial charge is 0.254 e. The monoisotopic (exact) mass is 457 g/mol. The standard InChI is InChI=1S/C23H25Cl2N5O/c1-30(2)15-16-6-3-7-17(14-16)20-10-13-28-23(29-20)27-12-5-11-26-22(31)21-18(24)8-4-9-19(21)25/h3-4,6-10,13-14H,5,11-12,15H2,1-2H3,(H,26,31)(H,27,28,29). The molecule has 1 aromatic heterocycles. The first kappa shape index (κ1) is 23.0. The van der Waals surface area contributed by atoms with Crippen molar-refractivity contribution in [2.75, 3.05) is 32.5 Å². The minimum Gasteiger partial charge on any atom is -0.354 e. The van der Waals surface area contributed by atoms with E-state index in [1.54, 1.807) is 24.4 Å². The van der Waals surface area contributed by atoms with Gasteiger partial charge in [-0.25, -0.2) is 9.97 Å². The van der Waals surface area contributed by atoms with Gasteiger partial charge in [0.05, 0.1) is 21.3 Å². The molecule has 0 aliphatic heterocycles. The number of carbonyl (C=O) groups is 1. The molecule has 31 heavy (non-hydrogen) atoms. The summed E-state index contributed by atoms with van der Waals surface area (Å²) in [6.45, 7) is 1.95. The van der Waals surface area contributed by atoms with Crippen LogP contribution in [0.3, 0.4) is 0 Å². The normalized spacial score (nSPS) is 10.9. The summed E-state index contributed by atoms with van der Waals surface area (Å²) in [6.07, 6.45) is 2.43. The largest absolute Gasteiger partial charge is 0.354 e. The molecular weight excluding hydrogens is 433 g/mol. The minimum atomic E-state index is -0.286.